The van der Waals surface area contributed by atoms with E-state index in [2.05, 4.69) is 20.3 Å². The van der Waals surface area contributed by atoms with E-state index in [-0.39, 0.29) is 22.4 Å². The number of fused-ring (bicyclic) bond motifs is 1. The van der Waals surface area contributed by atoms with Gasteiger partial charge in [0.25, 0.3) is 5.56 Å². The van der Waals surface area contributed by atoms with E-state index in [1.54, 1.807) is 7.05 Å². The first kappa shape index (κ1) is 21.1. The summed E-state index contributed by atoms with van der Waals surface area (Å²) in [5.41, 5.74) is 0.497. The van der Waals surface area contributed by atoms with Crippen LogP contribution in [-0.2, 0) is 17.1 Å². The fourth-order valence-corrected chi connectivity index (χ4v) is 5.58. The van der Waals surface area contributed by atoms with Gasteiger partial charge in [-0.2, -0.15) is 0 Å². The largest absolute Gasteiger partial charge is 0.387 e. The number of benzene rings is 2. The number of nitrogens with one attached hydrogen (secondary N) is 4. The Labute approximate surface area is 179 Å². The normalized spacial score (nSPS) is 18.9. The molecule has 4 rings (SSSR count). The quantitative estimate of drug-likeness (QED) is 0.458. The smallest absolute Gasteiger partial charge is 0.328 e. The van der Waals surface area contributed by atoms with E-state index in [4.69, 9.17) is 0 Å². The van der Waals surface area contributed by atoms with Crippen LogP contribution in [0.4, 0.5) is 11.4 Å². The summed E-state index contributed by atoms with van der Waals surface area (Å²) in [6.45, 7) is 0. The average molecular weight is 444 g/mol. The Balaban J connectivity index is 1.60. The van der Waals surface area contributed by atoms with Crippen LogP contribution in [0.5, 0.6) is 0 Å². The molecule has 0 bridgehead atoms. The number of anilines is 2. The van der Waals surface area contributed by atoms with Crippen molar-refractivity contribution in [1.82, 2.24) is 14.3 Å². The third-order valence-corrected chi connectivity index (χ3v) is 7.25. The Morgan fingerprint density at radius 2 is 1.77 bits per heavy atom. The van der Waals surface area contributed by atoms with Gasteiger partial charge in [0.2, 0.25) is 10.0 Å². The van der Waals surface area contributed by atoms with Gasteiger partial charge in [-0.1, -0.05) is 18.2 Å². The van der Waals surface area contributed by atoms with Crippen molar-refractivity contribution >= 4 is 32.3 Å². The summed E-state index contributed by atoms with van der Waals surface area (Å²) < 4.78 is 30.4. The van der Waals surface area contributed by atoms with E-state index in [9.17, 15) is 18.0 Å². The minimum Gasteiger partial charge on any atom is -0.387 e. The molecule has 9 nitrogen and oxygen atoms in total. The molecule has 31 heavy (non-hydrogen) atoms. The van der Waals surface area contributed by atoms with E-state index < -0.39 is 21.3 Å². The highest BCUT2D eigenvalue weighted by Gasteiger charge is 2.30. The van der Waals surface area contributed by atoms with Crippen molar-refractivity contribution in [2.75, 3.05) is 17.7 Å². The molecule has 0 radical (unpaired) electrons. The van der Waals surface area contributed by atoms with Crippen molar-refractivity contribution in [3.63, 3.8) is 0 Å². The van der Waals surface area contributed by atoms with Crippen LogP contribution in [0, 0.1) is 0 Å². The predicted molar refractivity (Wildman–Crippen MR) is 121 cm³/mol. The van der Waals surface area contributed by atoms with Crippen molar-refractivity contribution < 1.29 is 8.42 Å². The number of sulfonamides is 1. The summed E-state index contributed by atoms with van der Waals surface area (Å²) in [5, 5.41) is 6.44. The van der Waals surface area contributed by atoms with E-state index in [1.807, 2.05) is 30.3 Å². The summed E-state index contributed by atoms with van der Waals surface area (Å²) in [5.74, 6) is 0. The van der Waals surface area contributed by atoms with Crippen LogP contribution < -0.4 is 26.6 Å². The zero-order valence-corrected chi connectivity index (χ0v) is 18.1. The van der Waals surface area contributed by atoms with Crippen LogP contribution in [0.3, 0.4) is 0 Å². The summed E-state index contributed by atoms with van der Waals surface area (Å²) in [6.07, 6.45) is 2.22. The van der Waals surface area contributed by atoms with Crippen molar-refractivity contribution in [3.05, 3.63) is 63.3 Å². The van der Waals surface area contributed by atoms with Gasteiger partial charge in [0.05, 0.1) is 16.6 Å². The van der Waals surface area contributed by atoms with Gasteiger partial charge in [0.1, 0.15) is 4.90 Å². The monoisotopic (exact) mass is 443 g/mol. The lowest BCUT2D eigenvalue weighted by Gasteiger charge is -2.18. The Bertz CT molecular complexity index is 1330. The summed E-state index contributed by atoms with van der Waals surface area (Å²) in [4.78, 5) is 26.3. The number of H-pyrrole nitrogens is 1. The van der Waals surface area contributed by atoms with Crippen molar-refractivity contribution in [1.29, 1.82) is 0 Å². The molecule has 0 unspecified atom stereocenters. The van der Waals surface area contributed by atoms with Crippen LogP contribution in [0.1, 0.15) is 19.3 Å². The summed E-state index contributed by atoms with van der Waals surface area (Å²) >= 11 is 0. The minimum absolute atomic E-state index is 0.0221. The van der Waals surface area contributed by atoms with Crippen LogP contribution >= 0.6 is 0 Å². The lowest BCUT2D eigenvalue weighted by molar-refractivity contribution is 0.551. The molecule has 1 saturated carbocycles. The van der Waals surface area contributed by atoms with Gasteiger partial charge in [-0.3, -0.25) is 14.3 Å². The lowest BCUT2D eigenvalue weighted by Crippen LogP contribution is -2.34. The van der Waals surface area contributed by atoms with Crippen LogP contribution in [-0.4, -0.2) is 37.1 Å². The van der Waals surface area contributed by atoms with E-state index in [0.29, 0.717) is 24.0 Å². The Kier molecular flexibility index (Phi) is 5.59. The maximum Gasteiger partial charge on any atom is 0.328 e. The molecule has 1 aromatic heterocycles. The van der Waals surface area contributed by atoms with Crippen LogP contribution in [0.25, 0.3) is 10.9 Å². The van der Waals surface area contributed by atoms with Gasteiger partial charge in [0.15, 0.2) is 0 Å². The Hall–Kier alpha value is -3.11. The SMILES string of the molecule is CNc1cc2c(cc1S(=O)(=O)N[C@@H]1CC[C@H](Nc3ccccc3)C1)c(=O)[nH]c(=O)n2C. The van der Waals surface area contributed by atoms with Gasteiger partial charge < -0.3 is 10.6 Å². The first-order valence-electron chi connectivity index (χ1n) is 10.1. The second-order valence-electron chi connectivity index (χ2n) is 7.77. The molecule has 10 heteroatoms. The Morgan fingerprint density at radius 3 is 2.48 bits per heavy atom. The van der Waals surface area contributed by atoms with E-state index >= 15 is 0 Å². The van der Waals surface area contributed by atoms with Gasteiger partial charge in [0, 0.05) is 31.9 Å². The van der Waals surface area contributed by atoms with E-state index in [0.717, 1.165) is 12.1 Å². The average Bonchev–Trinajstić information content (AvgIpc) is 3.17. The predicted octanol–water partition coefficient (Wildman–Crippen LogP) is 1.58. The highest BCUT2D eigenvalue weighted by atomic mass is 32.2. The number of aromatic amines is 1. The summed E-state index contributed by atoms with van der Waals surface area (Å²) in [6, 6.07) is 12.6. The van der Waals surface area contributed by atoms with Crippen molar-refractivity contribution in [2.24, 2.45) is 7.05 Å². The standard InChI is InChI=1S/C21H25N5O4S/c1-22-17-12-18-16(20(27)24-21(28)26(18)2)11-19(17)31(29,30)25-15-9-8-14(10-15)23-13-6-4-3-5-7-13/h3-7,11-12,14-15,22-23,25H,8-10H2,1-2H3,(H,24,27,28)/t14-,15+/m0/s1. The molecule has 1 aliphatic carbocycles. The second-order valence-corrected chi connectivity index (χ2v) is 9.45. The lowest BCUT2D eigenvalue weighted by atomic mass is 10.2. The van der Waals surface area contributed by atoms with Gasteiger partial charge in [-0.25, -0.2) is 17.9 Å². The number of hydrogen-bond acceptors (Lipinski definition) is 6. The second kappa shape index (κ2) is 8.20. The third-order valence-electron chi connectivity index (χ3n) is 5.69. The zero-order chi connectivity index (χ0) is 22.2. The highest BCUT2D eigenvalue weighted by Crippen LogP contribution is 2.28. The number of nitrogens with zero attached hydrogens (tertiary/aromatic N) is 1. The molecular weight excluding hydrogens is 418 g/mol. The van der Waals surface area contributed by atoms with Crippen molar-refractivity contribution in [2.45, 2.75) is 36.2 Å². The molecule has 4 N–H and O–H groups in total. The molecule has 1 fully saturated rings. The fourth-order valence-electron chi connectivity index (χ4n) is 4.08. The van der Waals surface area contributed by atoms with Gasteiger partial charge in [-0.15, -0.1) is 0 Å². The van der Waals surface area contributed by atoms with Crippen LogP contribution in [0.15, 0.2) is 56.9 Å². The number of rotatable bonds is 6. The molecule has 0 amide bonds. The molecule has 0 aliphatic heterocycles. The molecule has 3 aromatic rings. The highest BCUT2D eigenvalue weighted by molar-refractivity contribution is 7.89. The maximum absolute atomic E-state index is 13.2. The van der Waals surface area contributed by atoms with Gasteiger partial charge >= 0.3 is 5.69 Å². The number of aryl methyl sites for hydroxylation is 1. The molecule has 0 saturated heterocycles. The molecule has 1 aliphatic rings. The van der Waals surface area contributed by atoms with Gasteiger partial charge in [-0.05, 0) is 43.5 Å². The molecule has 2 atom stereocenters. The van der Waals surface area contributed by atoms with E-state index in [1.165, 1.54) is 23.7 Å². The maximum atomic E-state index is 13.2. The fraction of sp³-hybridized carbons (Fsp3) is 0.333. The molecule has 0 spiro atoms. The summed E-state index contributed by atoms with van der Waals surface area (Å²) in [7, 11) is -0.778. The number of aromatic nitrogens is 2. The number of hydrogen-bond donors (Lipinski definition) is 4. The molecule has 164 valence electrons. The van der Waals surface area contributed by atoms with Crippen molar-refractivity contribution in [3.8, 4) is 0 Å². The third kappa shape index (κ3) is 4.21. The zero-order valence-electron chi connectivity index (χ0n) is 17.3. The first-order valence-corrected chi connectivity index (χ1v) is 11.6. The molecule has 2 aromatic carbocycles. The Morgan fingerprint density at radius 1 is 1.06 bits per heavy atom. The number of para-hydroxylation sites is 1. The first-order chi connectivity index (χ1) is 14.8. The molecular formula is C21H25N5O4S. The van der Waals surface area contributed by atoms with Crippen LogP contribution in [0.2, 0.25) is 0 Å². The minimum atomic E-state index is -3.89. The topological polar surface area (TPSA) is 125 Å². The molecule has 1 heterocycles.